The normalized spacial score (nSPS) is 26.0. The zero-order chi connectivity index (χ0) is 17.5. The van der Waals surface area contributed by atoms with E-state index in [4.69, 9.17) is 4.74 Å². The van der Waals surface area contributed by atoms with Gasteiger partial charge in [-0.3, -0.25) is 0 Å². The quantitative estimate of drug-likeness (QED) is 0.786. The van der Waals surface area contributed by atoms with E-state index in [-0.39, 0.29) is 17.6 Å². The van der Waals surface area contributed by atoms with Gasteiger partial charge in [-0.15, -0.1) is 0 Å². The number of hydrogen-bond donors (Lipinski definition) is 2. The van der Waals surface area contributed by atoms with Crippen LogP contribution in [0.25, 0.3) is 0 Å². The lowest BCUT2D eigenvalue weighted by molar-refractivity contribution is 0.0107. The van der Waals surface area contributed by atoms with Crippen molar-refractivity contribution in [3.63, 3.8) is 0 Å². The number of phenols is 1. The summed E-state index contributed by atoms with van der Waals surface area (Å²) in [6.07, 6.45) is 6.42. The summed E-state index contributed by atoms with van der Waals surface area (Å²) in [5.74, 6) is 1.69. The molecule has 1 aromatic carbocycles. The molecule has 1 aromatic rings. The van der Waals surface area contributed by atoms with Gasteiger partial charge in [0.1, 0.15) is 17.1 Å². The van der Waals surface area contributed by atoms with Gasteiger partial charge in [-0.05, 0) is 64.2 Å². The van der Waals surface area contributed by atoms with E-state index in [0.29, 0.717) is 18.1 Å². The number of aliphatic hydroxyl groups excluding tert-OH is 1. The topological polar surface area (TPSA) is 49.7 Å². The Morgan fingerprint density at radius 1 is 1.33 bits per heavy atom. The number of ether oxygens (including phenoxy) is 1. The van der Waals surface area contributed by atoms with Gasteiger partial charge in [-0.25, -0.2) is 0 Å². The summed E-state index contributed by atoms with van der Waals surface area (Å²) in [5.41, 5.74) is 3.01. The van der Waals surface area contributed by atoms with Crippen LogP contribution in [0.5, 0.6) is 11.5 Å². The van der Waals surface area contributed by atoms with E-state index in [9.17, 15) is 10.2 Å². The summed E-state index contributed by atoms with van der Waals surface area (Å²) in [7, 11) is 0. The molecule has 3 unspecified atom stereocenters. The summed E-state index contributed by atoms with van der Waals surface area (Å²) in [6, 6.07) is 3.83. The first-order chi connectivity index (χ1) is 11.3. The maximum Gasteiger partial charge on any atom is 0.127 e. The van der Waals surface area contributed by atoms with E-state index in [1.54, 1.807) is 0 Å². The molecule has 3 atom stereocenters. The van der Waals surface area contributed by atoms with E-state index in [0.717, 1.165) is 42.6 Å². The van der Waals surface area contributed by atoms with Crippen LogP contribution in [0, 0.1) is 5.92 Å². The maximum atomic E-state index is 10.7. The second-order valence-electron chi connectivity index (χ2n) is 8.06. The Bertz CT molecular complexity index is 645. The van der Waals surface area contributed by atoms with Crippen molar-refractivity contribution in [2.24, 2.45) is 5.92 Å². The first kappa shape index (κ1) is 17.3. The molecule has 1 aliphatic heterocycles. The molecular formula is C21H30O3. The molecule has 1 aliphatic carbocycles. The van der Waals surface area contributed by atoms with E-state index >= 15 is 0 Å². The molecule has 2 N–H and O–H groups in total. The molecule has 0 fully saturated rings. The fraction of sp³-hybridized carbons (Fsp3) is 0.619. The standard InChI is InChI=1S/C21H30O3/c1-5-6-15(22)10-14-11-18(23)20-16-9-13(2)7-8-17(16)21(3,4)24-19(20)12-14/h9,11-12,15-17,22-23H,5-8,10H2,1-4H3. The molecule has 3 nitrogen and oxygen atoms in total. The minimum absolute atomic E-state index is 0.215. The second kappa shape index (κ2) is 6.44. The smallest absolute Gasteiger partial charge is 0.127 e. The SMILES string of the molecule is CCCC(O)Cc1cc(O)c2c(c1)OC(C)(C)C1CCC(C)=CC21. The molecule has 1 heterocycles. The summed E-state index contributed by atoms with van der Waals surface area (Å²) in [6.45, 7) is 8.54. The van der Waals surface area contributed by atoms with Gasteiger partial charge in [0.2, 0.25) is 0 Å². The predicted octanol–water partition coefficient (Wildman–Crippen LogP) is 4.71. The van der Waals surface area contributed by atoms with Gasteiger partial charge in [0, 0.05) is 17.4 Å². The Labute approximate surface area is 145 Å². The number of aliphatic hydroxyl groups is 1. The van der Waals surface area contributed by atoms with E-state index in [1.165, 1.54) is 5.57 Å². The molecule has 0 saturated heterocycles. The molecule has 0 saturated carbocycles. The zero-order valence-electron chi connectivity index (χ0n) is 15.3. The molecule has 0 aromatic heterocycles. The van der Waals surface area contributed by atoms with Crippen LogP contribution in [-0.4, -0.2) is 21.9 Å². The number of benzene rings is 1. The first-order valence-corrected chi connectivity index (χ1v) is 9.22. The van der Waals surface area contributed by atoms with Gasteiger partial charge in [0.25, 0.3) is 0 Å². The van der Waals surface area contributed by atoms with Crippen LogP contribution >= 0.6 is 0 Å². The highest BCUT2D eigenvalue weighted by molar-refractivity contribution is 5.54. The average Bonchev–Trinajstić information content (AvgIpc) is 2.45. The Hall–Kier alpha value is -1.48. The van der Waals surface area contributed by atoms with Crippen molar-refractivity contribution in [3.05, 3.63) is 34.9 Å². The van der Waals surface area contributed by atoms with Crippen molar-refractivity contribution in [3.8, 4) is 11.5 Å². The van der Waals surface area contributed by atoms with Gasteiger partial charge >= 0.3 is 0 Å². The van der Waals surface area contributed by atoms with Crippen molar-refractivity contribution < 1.29 is 14.9 Å². The lowest BCUT2D eigenvalue weighted by Gasteiger charge is -2.46. The summed E-state index contributed by atoms with van der Waals surface area (Å²) < 4.78 is 6.32. The van der Waals surface area contributed by atoms with Gasteiger partial charge in [0.15, 0.2) is 0 Å². The molecule has 0 bridgehead atoms. The molecule has 2 aliphatic rings. The van der Waals surface area contributed by atoms with Crippen molar-refractivity contribution in [1.29, 1.82) is 0 Å². The highest BCUT2D eigenvalue weighted by atomic mass is 16.5. The van der Waals surface area contributed by atoms with Crippen molar-refractivity contribution in [1.82, 2.24) is 0 Å². The van der Waals surface area contributed by atoms with Gasteiger partial charge in [0.05, 0.1) is 6.10 Å². The second-order valence-corrected chi connectivity index (χ2v) is 8.06. The summed E-state index contributed by atoms with van der Waals surface area (Å²) >= 11 is 0. The molecule has 0 amide bonds. The molecular weight excluding hydrogens is 300 g/mol. The molecule has 0 radical (unpaired) electrons. The lowest BCUT2D eigenvalue weighted by Crippen LogP contribution is -2.45. The minimum atomic E-state index is -0.367. The maximum absolute atomic E-state index is 10.7. The van der Waals surface area contributed by atoms with Gasteiger partial charge < -0.3 is 14.9 Å². The van der Waals surface area contributed by atoms with E-state index < -0.39 is 0 Å². The monoisotopic (exact) mass is 330 g/mol. The predicted molar refractivity (Wildman–Crippen MR) is 96.7 cm³/mol. The van der Waals surface area contributed by atoms with Crippen molar-refractivity contribution in [2.75, 3.05) is 0 Å². The third-order valence-corrected chi connectivity index (χ3v) is 5.62. The number of fused-ring (bicyclic) bond motifs is 3. The molecule has 132 valence electrons. The van der Waals surface area contributed by atoms with Crippen LogP contribution in [0.4, 0.5) is 0 Å². The Balaban J connectivity index is 2.00. The highest BCUT2D eigenvalue weighted by Crippen LogP contribution is 2.53. The zero-order valence-corrected chi connectivity index (χ0v) is 15.3. The van der Waals surface area contributed by atoms with Gasteiger partial charge in [-0.1, -0.05) is 25.0 Å². The summed E-state index contributed by atoms with van der Waals surface area (Å²) in [4.78, 5) is 0. The molecule has 3 heteroatoms. The molecule has 24 heavy (non-hydrogen) atoms. The Morgan fingerprint density at radius 3 is 2.79 bits per heavy atom. The number of hydrogen-bond acceptors (Lipinski definition) is 3. The van der Waals surface area contributed by atoms with Crippen LogP contribution < -0.4 is 4.74 Å². The minimum Gasteiger partial charge on any atom is -0.507 e. The van der Waals surface area contributed by atoms with E-state index in [1.807, 2.05) is 12.1 Å². The number of allylic oxidation sites excluding steroid dienone is 2. The fourth-order valence-electron chi connectivity index (χ4n) is 4.40. The van der Waals surface area contributed by atoms with Crippen LogP contribution in [0.2, 0.25) is 0 Å². The third-order valence-electron chi connectivity index (χ3n) is 5.62. The van der Waals surface area contributed by atoms with Crippen molar-refractivity contribution >= 4 is 0 Å². The number of phenolic OH excluding ortho intramolecular Hbond substituents is 1. The summed E-state index contributed by atoms with van der Waals surface area (Å²) in [5, 5.41) is 20.8. The number of aromatic hydroxyl groups is 1. The first-order valence-electron chi connectivity index (χ1n) is 9.22. The van der Waals surface area contributed by atoms with Crippen LogP contribution in [0.3, 0.4) is 0 Å². The van der Waals surface area contributed by atoms with Crippen molar-refractivity contribution in [2.45, 2.75) is 77.4 Å². The molecule has 3 rings (SSSR count). The van der Waals surface area contributed by atoms with Crippen LogP contribution in [-0.2, 0) is 6.42 Å². The third kappa shape index (κ3) is 3.19. The van der Waals surface area contributed by atoms with Crippen LogP contribution in [0.15, 0.2) is 23.8 Å². The number of rotatable bonds is 4. The Kier molecular flexibility index (Phi) is 4.65. The van der Waals surface area contributed by atoms with Gasteiger partial charge in [-0.2, -0.15) is 0 Å². The Morgan fingerprint density at radius 2 is 2.08 bits per heavy atom. The average molecular weight is 330 g/mol. The van der Waals surface area contributed by atoms with Crippen LogP contribution in [0.1, 0.15) is 70.4 Å². The van der Waals surface area contributed by atoms with E-state index in [2.05, 4.69) is 33.8 Å². The molecule has 0 spiro atoms. The largest absolute Gasteiger partial charge is 0.507 e. The highest BCUT2D eigenvalue weighted by Gasteiger charge is 2.45. The fourth-order valence-corrected chi connectivity index (χ4v) is 4.40. The lowest BCUT2D eigenvalue weighted by atomic mass is 9.68.